The van der Waals surface area contributed by atoms with Crippen LogP contribution >= 0.6 is 11.3 Å². The number of hydrogen-bond donors (Lipinski definition) is 2. The van der Waals surface area contributed by atoms with E-state index in [0.717, 1.165) is 33.9 Å². The molecule has 11 heteroatoms. The summed E-state index contributed by atoms with van der Waals surface area (Å²) < 4.78 is 40.0. The minimum atomic E-state index is -2.36. The Kier molecular flexibility index (Phi) is 10.7. The van der Waals surface area contributed by atoms with Gasteiger partial charge in [-0.1, -0.05) is 51.1 Å². The van der Waals surface area contributed by atoms with E-state index in [-0.39, 0.29) is 10.4 Å². The number of para-hydroxylation sites is 1. The summed E-state index contributed by atoms with van der Waals surface area (Å²) in [5.41, 5.74) is 9.24. The summed E-state index contributed by atoms with van der Waals surface area (Å²) in [7, 11) is 0. The Morgan fingerprint density at radius 1 is 1.00 bits per heavy atom. The predicted molar refractivity (Wildman–Crippen MR) is 162 cm³/mol. The molecular formula is C30H36N4O5S2. The molecule has 0 aliphatic heterocycles. The van der Waals surface area contributed by atoms with Crippen molar-refractivity contribution in [3.05, 3.63) is 66.7 Å². The first-order chi connectivity index (χ1) is 19.7. The van der Waals surface area contributed by atoms with Gasteiger partial charge in [-0.2, -0.15) is 0 Å². The van der Waals surface area contributed by atoms with E-state index in [1.807, 2.05) is 42.5 Å². The quantitative estimate of drug-likeness (QED) is 0.145. The summed E-state index contributed by atoms with van der Waals surface area (Å²) in [6.07, 6.45) is 0.962. The van der Waals surface area contributed by atoms with Crippen LogP contribution in [0.15, 0.2) is 71.8 Å². The highest BCUT2D eigenvalue weighted by Gasteiger charge is 2.21. The van der Waals surface area contributed by atoms with Gasteiger partial charge >= 0.3 is 5.13 Å². The molecule has 9 nitrogen and oxygen atoms in total. The summed E-state index contributed by atoms with van der Waals surface area (Å²) in [5.74, 6) is 2.02. The molecule has 2 aromatic heterocycles. The predicted octanol–water partition coefficient (Wildman–Crippen LogP) is 5.43. The van der Waals surface area contributed by atoms with Crippen LogP contribution in [0.5, 0.6) is 11.5 Å². The zero-order valence-corrected chi connectivity index (χ0v) is 25.1. The number of aromatic nitrogens is 2. The van der Waals surface area contributed by atoms with Gasteiger partial charge in [0, 0.05) is 6.54 Å². The van der Waals surface area contributed by atoms with Gasteiger partial charge in [0.2, 0.25) is 0 Å². The van der Waals surface area contributed by atoms with Crippen molar-refractivity contribution in [2.45, 2.75) is 32.2 Å². The Bertz CT molecular complexity index is 1450. The Labute approximate surface area is 247 Å². The fourth-order valence-electron chi connectivity index (χ4n) is 3.93. The second-order valence-electron chi connectivity index (χ2n) is 10.5. The van der Waals surface area contributed by atoms with Crippen molar-refractivity contribution in [3.63, 3.8) is 0 Å². The third kappa shape index (κ3) is 9.25. The molecule has 0 fully saturated rings. The van der Waals surface area contributed by atoms with Gasteiger partial charge in [-0.3, -0.25) is 9.94 Å². The third-order valence-electron chi connectivity index (χ3n) is 5.99. The topological polar surface area (TPSA) is 133 Å². The molecule has 4 rings (SSSR count). The van der Waals surface area contributed by atoms with Gasteiger partial charge in [0.1, 0.15) is 28.9 Å². The maximum absolute atomic E-state index is 11.1. The van der Waals surface area contributed by atoms with E-state index in [1.54, 1.807) is 12.1 Å². The van der Waals surface area contributed by atoms with E-state index in [4.69, 9.17) is 19.9 Å². The second kappa shape index (κ2) is 14.4. The van der Waals surface area contributed by atoms with Crippen molar-refractivity contribution in [2.24, 2.45) is 5.41 Å². The summed E-state index contributed by atoms with van der Waals surface area (Å²) in [6, 6.07) is 20.7. The van der Waals surface area contributed by atoms with Crippen molar-refractivity contribution in [1.29, 1.82) is 0 Å². The van der Waals surface area contributed by atoms with E-state index in [2.05, 4.69) is 42.1 Å². The van der Waals surface area contributed by atoms with E-state index < -0.39 is 11.1 Å². The molecular weight excluding hydrogens is 560 g/mol. The van der Waals surface area contributed by atoms with Gasteiger partial charge in [-0.25, -0.2) is 9.97 Å². The average molecular weight is 597 g/mol. The summed E-state index contributed by atoms with van der Waals surface area (Å²) >= 11 is -0.879. The number of anilines is 2. The first-order valence-corrected chi connectivity index (χ1v) is 15.2. The van der Waals surface area contributed by atoms with Gasteiger partial charge < -0.3 is 24.1 Å². The molecule has 0 amide bonds. The number of nitrogen functional groups attached to an aromatic ring is 1. The van der Waals surface area contributed by atoms with Crippen LogP contribution in [0.3, 0.4) is 0 Å². The molecule has 41 heavy (non-hydrogen) atoms. The van der Waals surface area contributed by atoms with Gasteiger partial charge in [0.25, 0.3) is 0 Å². The lowest BCUT2D eigenvalue weighted by molar-refractivity contribution is -0.340. The Morgan fingerprint density at radius 3 is 2.61 bits per heavy atom. The molecule has 2 aromatic carbocycles. The smallest absolute Gasteiger partial charge is 0.330 e. The van der Waals surface area contributed by atoms with Crippen molar-refractivity contribution < 1.29 is 28.0 Å². The van der Waals surface area contributed by atoms with E-state index >= 15 is 0 Å². The van der Waals surface area contributed by atoms with E-state index in [0.29, 0.717) is 49.7 Å². The number of nitrogens with two attached hydrogens (primary N) is 1. The van der Waals surface area contributed by atoms with Gasteiger partial charge in [0.15, 0.2) is 5.69 Å². The van der Waals surface area contributed by atoms with Crippen LogP contribution in [-0.4, -0.2) is 46.7 Å². The van der Waals surface area contributed by atoms with Crippen LogP contribution in [0.1, 0.15) is 27.2 Å². The molecule has 2 heterocycles. The van der Waals surface area contributed by atoms with Crippen molar-refractivity contribution in [2.75, 3.05) is 44.0 Å². The zero-order chi connectivity index (χ0) is 29.2. The lowest BCUT2D eigenvalue weighted by Crippen LogP contribution is -2.15. The molecule has 0 saturated heterocycles. The maximum atomic E-state index is 11.1. The number of benzene rings is 2. The Hall–Kier alpha value is -3.51. The fourth-order valence-corrected chi connectivity index (χ4v) is 5.17. The minimum Gasteiger partial charge on any atom is -0.767 e. The lowest BCUT2D eigenvalue weighted by atomic mass is 9.93. The highest BCUT2D eigenvalue weighted by atomic mass is 32.2. The van der Waals surface area contributed by atoms with E-state index in [9.17, 15) is 8.76 Å². The lowest BCUT2D eigenvalue weighted by Gasteiger charge is -2.18. The highest BCUT2D eigenvalue weighted by Crippen LogP contribution is 2.40. The number of nitrogens with zero attached hydrogens (tertiary/aromatic N) is 1. The minimum absolute atomic E-state index is 0.00657. The summed E-state index contributed by atoms with van der Waals surface area (Å²) in [5, 5.41) is 3.64. The number of rotatable bonds is 14. The summed E-state index contributed by atoms with van der Waals surface area (Å²) in [4.78, 5) is 8.34. The van der Waals surface area contributed by atoms with Gasteiger partial charge in [-0.05, 0) is 76.2 Å². The molecule has 4 aromatic rings. The highest BCUT2D eigenvalue weighted by molar-refractivity contribution is 7.79. The maximum Gasteiger partial charge on any atom is 0.330 e. The molecule has 0 aliphatic rings. The van der Waals surface area contributed by atoms with Gasteiger partial charge in [0.05, 0.1) is 30.3 Å². The number of nitrogens with one attached hydrogen (secondary N) is 2. The Morgan fingerprint density at radius 2 is 1.80 bits per heavy atom. The average Bonchev–Trinajstić information content (AvgIpc) is 3.34. The number of thiazole rings is 1. The first kappa shape index (κ1) is 30.4. The molecule has 0 bridgehead atoms. The van der Waals surface area contributed by atoms with Gasteiger partial charge in [-0.15, -0.1) is 0 Å². The van der Waals surface area contributed by atoms with Crippen LogP contribution in [0.4, 0.5) is 10.9 Å². The van der Waals surface area contributed by atoms with Crippen molar-refractivity contribution in [1.82, 2.24) is 4.98 Å². The number of aromatic amines is 1. The first-order valence-electron chi connectivity index (χ1n) is 13.3. The molecule has 1 atom stereocenters. The van der Waals surface area contributed by atoms with Crippen LogP contribution in [-0.2, 0) is 15.8 Å². The van der Waals surface area contributed by atoms with Crippen LogP contribution in [0, 0.1) is 5.41 Å². The zero-order valence-electron chi connectivity index (χ0n) is 23.5. The monoisotopic (exact) mass is 596 g/mol. The van der Waals surface area contributed by atoms with Crippen LogP contribution in [0.2, 0.25) is 0 Å². The van der Waals surface area contributed by atoms with E-state index in [1.165, 1.54) is 17.4 Å². The Balaban J connectivity index is 1.35. The normalized spacial score (nSPS) is 12.2. The largest absolute Gasteiger partial charge is 0.767 e. The number of ether oxygens (including phenoxy) is 3. The SMILES string of the molecule is CC(C)(C)CCOc1cccc(-c2sc(N)[nH+]c2-c2ccccc2OCCOCCNc2cccc(S(=O)[O-])n2)c1. The number of hydrogen-bond acceptors (Lipinski definition) is 9. The standard InChI is InChI=1S/C30H36N4O5S2/c1-30(2,3)14-16-38-22-9-6-8-21(20-22)28-27(34-29(31)40-28)23-10-4-5-11-24(23)39-19-18-37-17-15-32-25-12-7-13-26(33-25)41(35)36/h4-13,20H,14-19H2,1-3H3,(H2,31,34)(H,32,33)(H,35,36). The fraction of sp³-hybridized carbons (Fsp3) is 0.333. The second-order valence-corrected chi connectivity index (χ2v) is 12.4. The molecule has 0 spiro atoms. The molecule has 4 N–H and O–H groups in total. The van der Waals surface area contributed by atoms with Crippen molar-refractivity contribution in [3.8, 4) is 33.2 Å². The molecule has 0 saturated carbocycles. The molecule has 0 aliphatic carbocycles. The number of H-pyrrole nitrogens is 1. The van der Waals surface area contributed by atoms with Crippen molar-refractivity contribution >= 4 is 33.4 Å². The van der Waals surface area contributed by atoms with Crippen LogP contribution in [0.25, 0.3) is 21.7 Å². The third-order valence-corrected chi connectivity index (χ3v) is 7.53. The van der Waals surface area contributed by atoms with Crippen LogP contribution < -0.4 is 25.5 Å². The molecule has 1 unspecified atom stereocenters. The summed E-state index contributed by atoms with van der Waals surface area (Å²) in [6.45, 7) is 8.88. The number of pyridine rings is 1. The molecule has 0 radical (unpaired) electrons. The molecule has 218 valence electrons.